The average molecular weight is 469 g/mol. The van der Waals surface area contributed by atoms with Crippen LogP contribution in [-0.2, 0) is 20.6 Å². The van der Waals surface area contributed by atoms with E-state index in [1.54, 1.807) is 0 Å². The van der Waals surface area contributed by atoms with Crippen molar-refractivity contribution in [1.29, 1.82) is 0 Å². The van der Waals surface area contributed by atoms with Crippen molar-refractivity contribution in [3.05, 3.63) is 0 Å². The largest absolute Gasteiger partial charge is 0.425 e. The van der Waals surface area contributed by atoms with Gasteiger partial charge in [-0.25, -0.2) is 0 Å². The number of hydrogen-bond acceptors (Lipinski definition) is 5. The van der Waals surface area contributed by atoms with Gasteiger partial charge in [-0.2, -0.15) is 0 Å². The molecule has 10 heteroatoms. The molecule has 0 spiro atoms. The highest BCUT2D eigenvalue weighted by molar-refractivity contribution is 6.74. The molecule has 1 rings (SSSR count). The highest BCUT2D eigenvalue weighted by Gasteiger charge is 2.30. The molecule has 0 atom stereocenters. The lowest BCUT2D eigenvalue weighted by Gasteiger charge is -2.28. The van der Waals surface area contributed by atoms with E-state index in [4.69, 9.17) is 20.6 Å². The lowest BCUT2D eigenvalue weighted by molar-refractivity contribution is 0.313. The van der Waals surface area contributed by atoms with E-state index in [-0.39, 0.29) is 0 Å². The van der Waals surface area contributed by atoms with Gasteiger partial charge in [-0.1, -0.05) is 96.8 Å². The first-order valence-electron chi connectivity index (χ1n) is 11.3. The third-order valence-electron chi connectivity index (χ3n) is 5.21. The fourth-order valence-corrected chi connectivity index (χ4v) is 14.6. The second-order valence-electron chi connectivity index (χ2n) is 7.85. The molecule has 1 aliphatic rings. The zero-order valence-corrected chi connectivity index (χ0v) is 24.6. The fourth-order valence-electron chi connectivity index (χ4n) is 3.38. The van der Waals surface area contributed by atoms with Crippen LogP contribution in [0.25, 0.3) is 0 Å². The molecule has 5 nitrogen and oxygen atoms in total. The molecule has 1 saturated heterocycles. The molecule has 162 valence electrons. The fraction of sp³-hybridized carbons (Fsp3) is 1.00. The van der Waals surface area contributed by atoms with Crippen LogP contribution in [0.15, 0.2) is 0 Å². The van der Waals surface area contributed by atoms with Crippen molar-refractivity contribution >= 4 is 48.6 Å². The molecule has 0 radical (unpaired) electrons. The molecular weight excluding hydrogens is 425 g/mol. The van der Waals surface area contributed by atoms with Gasteiger partial charge >= 0.3 is 8.56 Å². The van der Waals surface area contributed by atoms with E-state index < -0.39 is 48.6 Å². The quantitative estimate of drug-likeness (QED) is 0.273. The first-order chi connectivity index (χ1) is 13.3. The Morgan fingerprint density at radius 2 is 0.889 bits per heavy atom. The lowest BCUT2D eigenvalue weighted by atomic mass is 10.0. The summed E-state index contributed by atoms with van der Waals surface area (Å²) in [5.74, 6) is 0. The van der Waals surface area contributed by atoms with Gasteiger partial charge in [-0.3, -0.25) is 0 Å². The highest BCUT2D eigenvalue weighted by Crippen LogP contribution is 2.19. The van der Waals surface area contributed by atoms with E-state index in [2.05, 4.69) is 13.5 Å². The summed E-state index contributed by atoms with van der Waals surface area (Å²) >= 11 is 0. The van der Waals surface area contributed by atoms with Crippen LogP contribution in [-0.4, -0.2) is 48.6 Å². The van der Waals surface area contributed by atoms with E-state index in [0.29, 0.717) is 0 Å². The van der Waals surface area contributed by atoms with Gasteiger partial charge in [0, 0.05) is 0 Å². The van der Waals surface area contributed by atoms with Crippen LogP contribution in [0.1, 0.15) is 96.8 Å². The van der Waals surface area contributed by atoms with Crippen molar-refractivity contribution in [2.24, 2.45) is 0 Å². The molecule has 1 aliphatic heterocycles. The van der Waals surface area contributed by atoms with Gasteiger partial charge in [-0.15, -0.1) is 0 Å². The minimum absolute atomic E-state index is 0.819. The standard InChI is InChI=1S/C17H44O5Si5/c1-3-4-5-6-7-8-9-10-11-12-13-14-15-16-17-27(2)21-25-19-23-18-24-20-26-22-27/h3-17,23-26H2,1-2H3. The molecule has 0 aromatic carbocycles. The molecule has 0 unspecified atom stereocenters. The Balaban J connectivity index is 1.89. The highest BCUT2D eigenvalue weighted by atomic mass is 28.5. The summed E-state index contributed by atoms with van der Waals surface area (Å²) in [6, 6.07) is 1.10. The van der Waals surface area contributed by atoms with Crippen molar-refractivity contribution in [3.8, 4) is 0 Å². The normalized spacial score (nSPS) is 25.6. The van der Waals surface area contributed by atoms with Gasteiger partial charge < -0.3 is 20.6 Å². The lowest BCUT2D eigenvalue weighted by Crippen LogP contribution is -2.43. The molecular formula is C17H44O5Si5. The van der Waals surface area contributed by atoms with Gasteiger partial charge in [0.1, 0.15) is 0 Å². The van der Waals surface area contributed by atoms with Gasteiger partial charge in [0.05, 0.1) is 0 Å². The Labute approximate surface area is 178 Å². The van der Waals surface area contributed by atoms with Crippen LogP contribution >= 0.6 is 0 Å². The third-order valence-corrected chi connectivity index (χ3v) is 16.3. The molecule has 0 amide bonds. The summed E-state index contributed by atoms with van der Waals surface area (Å²) in [5, 5.41) is 0. The summed E-state index contributed by atoms with van der Waals surface area (Å²) in [7, 11) is -5.44. The van der Waals surface area contributed by atoms with Crippen molar-refractivity contribution in [1.82, 2.24) is 0 Å². The maximum Gasteiger partial charge on any atom is 0.316 e. The molecule has 0 aromatic rings. The van der Waals surface area contributed by atoms with Gasteiger partial charge in [0.2, 0.25) is 0 Å². The second-order valence-corrected chi connectivity index (χ2v) is 18.8. The molecule has 0 aromatic heterocycles. The van der Waals surface area contributed by atoms with Crippen molar-refractivity contribution < 1.29 is 20.6 Å². The SMILES string of the molecule is CCCCCCCCCCCCCCCC[Si]1(C)O[SiH2]O[SiH2]O[SiH2]O[SiH2]O1. The Morgan fingerprint density at radius 1 is 0.519 bits per heavy atom. The van der Waals surface area contributed by atoms with E-state index in [1.165, 1.54) is 89.9 Å². The molecule has 0 N–H and O–H groups in total. The monoisotopic (exact) mass is 468 g/mol. The Kier molecular flexibility index (Phi) is 18.1. The van der Waals surface area contributed by atoms with Crippen molar-refractivity contribution in [2.75, 3.05) is 0 Å². The van der Waals surface area contributed by atoms with Crippen molar-refractivity contribution in [2.45, 2.75) is 109 Å². The predicted molar refractivity (Wildman–Crippen MR) is 126 cm³/mol. The zero-order chi connectivity index (χ0) is 19.5. The van der Waals surface area contributed by atoms with E-state index >= 15 is 0 Å². The molecule has 1 fully saturated rings. The zero-order valence-electron chi connectivity index (χ0n) is 18.0. The number of hydrogen-bond donors (Lipinski definition) is 0. The van der Waals surface area contributed by atoms with Crippen LogP contribution in [0.4, 0.5) is 0 Å². The summed E-state index contributed by atoms with van der Waals surface area (Å²) in [4.78, 5) is 0. The second kappa shape index (κ2) is 18.9. The van der Waals surface area contributed by atoms with Crippen LogP contribution < -0.4 is 0 Å². The minimum Gasteiger partial charge on any atom is -0.425 e. The number of unbranched alkanes of at least 4 members (excludes halogenated alkanes) is 13. The number of rotatable bonds is 15. The topological polar surface area (TPSA) is 46.2 Å². The maximum atomic E-state index is 6.08. The summed E-state index contributed by atoms with van der Waals surface area (Å²) in [6.07, 6.45) is 19.6. The van der Waals surface area contributed by atoms with E-state index in [9.17, 15) is 0 Å². The van der Waals surface area contributed by atoms with E-state index in [1.807, 2.05) is 0 Å². The Bertz CT molecular complexity index is 318. The predicted octanol–water partition coefficient (Wildman–Crippen LogP) is 2.63. The molecule has 0 bridgehead atoms. The first-order valence-corrected chi connectivity index (χ1v) is 18.4. The maximum absolute atomic E-state index is 6.08. The third kappa shape index (κ3) is 16.4. The molecule has 1 heterocycles. The van der Waals surface area contributed by atoms with Gasteiger partial charge in [-0.05, 0) is 12.6 Å². The summed E-state index contributed by atoms with van der Waals surface area (Å²) in [6.45, 7) is 4.49. The first kappa shape index (κ1) is 25.9. The van der Waals surface area contributed by atoms with Crippen LogP contribution in [0.5, 0.6) is 0 Å². The molecule has 27 heavy (non-hydrogen) atoms. The summed E-state index contributed by atoms with van der Waals surface area (Å²) < 4.78 is 28.8. The van der Waals surface area contributed by atoms with Crippen LogP contribution in [0.2, 0.25) is 12.6 Å². The van der Waals surface area contributed by atoms with Crippen LogP contribution in [0, 0.1) is 0 Å². The molecule has 0 saturated carbocycles. The van der Waals surface area contributed by atoms with Gasteiger partial charge in [0.25, 0.3) is 40.0 Å². The van der Waals surface area contributed by atoms with Crippen LogP contribution in [0.3, 0.4) is 0 Å². The minimum atomic E-state index is -2.01. The van der Waals surface area contributed by atoms with Gasteiger partial charge in [0.15, 0.2) is 0 Å². The smallest absolute Gasteiger partial charge is 0.316 e. The Hall–Kier alpha value is 0.884. The summed E-state index contributed by atoms with van der Waals surface area (Å²) in [5.41, 5.74) is 0. The van der Waals surface area contributed by atoms with Crippen molar-refractivity contribution in [3.63, 3.8) is 0 Å². The van der Waals surface area contributed by atoms with E-state index in [0.717, 1.165) is 6.04 Å². The average Bonchev–Trinajstić information content (AvgIpc) is 2.67. The Morgan fingerprint density at radius 3 is 1.33 bits per heavy atom. The molecule has 0 aliphatic carbocycles.